The van der Waals surface area contributed by atoms with Crippen molar-refractivity contribution in [1.29, 1.82) is 0 Å². The van der Waals surface area contributed by atoms with Crippen molar-refractivity contribution in [2.24, 2.45) is 5.41 Å². The van der Waals surface area contributed by atoms with Crippen LogP contribution in [-0.2, 0) is 0 Å². The SMILES string of the molecule is COc1ccc(N)cc1N1CC2(CCCCC2)C1. The molecule has 1 saturated carbocycles. The molecule has 0 bridgehead atoms. The molecule has 3 heteroatoms. The number of methoxy groups -OCH3 is 1. The highest BCUT2D eigenvalue weighted by molar-refractivity contribution is 5.66. The summed E-state index contributed by atoms with van der Waals surface area (Å²) in [5.41, 5.74) is 8.45. The number of rotatable bonds is 2. The van der Waals surface area contributed by atoms with Gasteiger partial charge >= 0.3 is 0 Å². The molecule has 1 heterocycles. The number of nitrogens with zero attached hydrogens (tertiary/aromatic N) is 1. The van der Waals surface area contributed by atoms with E-state index in [4.69, 9.17) is 10.5 Å². The average Bonchev–Trinajstić information content (AvgIpc) is 2.37. The molecule has 2 N–H and O–H groups in total. The summed E-state index contributed by atoms with van der Waals surface area (Å²) in [7, 11) is 1.73. The molecule has 2 aliphatic rings. The summed E-state index contributed by atoms with van der Waals surface area (Å²) in [5, 5.41) is 0. The van der Waals surface area contributed by atoms with E-state index in [2.05, 4.69) is 4.90 Å². The lowest BCUT2D eigenvalue weighted by Gasteiger charge is -2.53. The van der Waals surface area contributed by atoms with Crippen LogP contribution >= 0.6 is 0 Å². The van der Waals surface area contributed by atoms with Crippen molar-refractivity contribution >= 4 is 11.4 Å². The first-order valence-corrected chi connectivity index (χ1v) is 6.91. The third-order valence-corrected chi connectivity index (χ3v) is 4.51. The summed E-state index contributed by atoms with van der Waals surface area (Å²) in [4.78, 5) is 2.42. The van der Waals surface area contributed by atoms with E-state index in [0.29, 0.717) is 5.41 Å². The first-order chi connectivity index (χ1) is 8.72. The molecule has 0 atom stereocenters. The zero-order valence-electron chi connectivity index (χ0n) is 11.1. The van der Waals surface area contributed by atoms with Crippen LogP contribution in [0.4, 0.5) is 11.4 Å². The maximum Gasteiger partial charge on any atom is 0.142 e. The number of anilines is 2. The van der Waals surface area contributed by atoms with E-state index >= 15 is 0 Å². The van der Waals surface area contributed by atoms with Gasteiger partial charge < -0.3 is 15.4 Å². The Labute approximate surface area is 109 Å². The van der Waals surface area contributed by atoms with Gasteiger partial charge in [0.25, 0.3) is 0 Å². The minimum absolute atomic E-state index is 0.591. The molecule has 1 aliphatic heterocycles. The Hall–Kier alpha value is -1.38. The molecule has 3 rings (SSSR count). The number of hydrogen-bond donors (Lipinski definition) is 1. The van der Waals surface area contributed by atoms with Crippen LogP contribution in [0.1, 0.15) is 32.1 Å². The van der Waals surface area contributed by atoms with Gasteiger partial charge in [-0.05, 0) is 31.0 Å². The molecular formula is C15H22N2O. The highest BCUT2D eigenvalue weighted by Crippen LogP contribution is 2.47. The lowest BCUT2D eigenvalue weighted by molar-refractivity contribution is 0.139. The minimum Gasteiger partial charge on any atom is -0.495 e. The fourth-order valence-electron chi connectivity index (χ4n) is 3.51. The Morgan fingerprint density at radius 1 is 1.17 bits per heavy atom. The van der Waals surface area contributed by atoms with E-state index in [1.807, 2.05) is 18.2 Å². The van der Waals surface area contributed by atoms with Crippen LogP contribution in [0.15, 0.2) is 18.2 Å². The molecule has 1 aliphatic carbocycles. The topological polar surface area (TPSA) is 38.5 Å². The molecule has 1 aromatic rings. The van der Waals surface area contributed by atoms with Crippen LogP contribution in [0.5, 0.6) is 5.75 Å². The molecule has 3 nitrogen and oxygen atoms in total. The fraction of sp³-hybridized carbons (Fsp3) is 0.600. The van der Waals surface area contributed by atoms with Gasteiger partial charge in [-0.1, -0.05) is 19.3 Å². The second kappa shape index (κ2) is 4.38. The van der Waals surface area contributed by atoms with Crippen LogP contribution in [0.25, 0.3) is 0 Å². The van der Waals surface area contributed by atoms with Gasteiger partial charge in [-0.25, -0.2) is 0 Å². The maximum atomic E-state index is 5.89. The second-order valence-electron chi connectivity index (χ2n) is 5.85. The standard InChI is InChI=1S/C15H22N2O/c1-18-14-6-5-12(16)9-13(14)17-10-15(11-17)7-3-2-4-8-15/h5-6,9H,2-4,7-8,10-11,16H2,1H3. The molecule has 98 valence electrons. The Kier molecular flexibility index (Phi) is 2.84. The van der Waals surface area contributed by atoms with Crippen molar-refractivity contribution in [2.75, 3.05) is 30.8 Å². The molecule has 1 spiro atoms. The quantitative estimate of drug-likeness (QED) is 0.815. The number of ether oxygens (including phenoxy) is 1. The predicted molar refractivity (Wildman–Crippen MR) is 75.1 cm³/mol. The average molecular weight is 246 g/mol. The van der Waals surface area contributed by atoms with Gasteiger partial charge in [0.2, 0.25) is 0 Å². The molecule has 0 aromatic heterocycles. The molecule has 0 radical (unpaired) electrons. The normalized spacial score (nSPS) is 21.7. The summed E-state index contributed by atoms with van der Waals surface area (Å²) in [6.07, 6.45) is 7.02. The van der Waals surface area contributed by atoms with Gasteiger partial charge in [0.05, 0.1) is 12.8 Å². The monoisotopic (exact) mass is 246 g/mol. The van der Waals surface area contributed by atoms with Gasteiger partial charge in [-0.15, -0.1) is 0 Å². The predicted octanol–water partition coefficient (Wildman–Crippen LogP) is 3.05. The van der Waals surface area contributed by atoms with Gasteiger partial charge in [-0.3, -0.25) is 0 Å². The zero-order chi connectivity index (χ0) is 12.6. The molecule has 1 saturated heterocycles. The second-order valence-corrected chi connectivity index (χ2v) is 5.85. The van der Waals surface area contributed by atoms with Crippen molar-refractivity contribution in [2.45, 2.75) is 32.1 Å². The Morgan fingerprint density at radius 2 is 1.89 bits per heavy atom. The third kappa shape index (κ3) is 1.92. The van der Waals surface area contributed by atoms with Crippen molar-refractivity contribution in [3.05, 3.63) is 18.2 Å². The highest BCUT2D eigenvalue weighted by Gasteiger charge is 2.43. The molecule has 1 aromatic carbocycles. The molecule has 18 heavy (non-hydrogen) atoms. The largest absolute Gasteiger partial charge is 0.495 e. The van der Waals surface area contributed by atoms with Crippen molar-refractivity contribution < 1.29 is 4.74 Å². The summed E-state index contributed by atoms with van der Waals surface area (Å²) in [6.45, 7) is 2.35. The summed E-state index contributed by atoms with van der Waals surface area (Å²) < 4.78 is 5.44. The maximum absolute atomic E-state index is 5.89. The smallest absolute Gasteiger partial charge is 0.142 e. The van der Waals surface area contributed by atoms with E-state index < -0.39 is 0 Å². The number of hydrogen-bond acceptors (Lipinski definition) is 3. The van der Waals surface area contributed by atoms with E-state index in [0.717, 1.165) is 17.1 Å². The van der Waals surface area contributed by atoms with Crippen LogP contribution in [0.2, 0.25) is 0 Å². The van der Waals surface area contributed by atoms with Gasteiger partial charge in [0, 0.05) is 24.2 Å². The van der Waals surface area contributed by atoms with Crippen molar-refractivity contribution in [3.8, 4) is 5.75 Å². The summed E-state index contributed by atoms with van der Waals surface area (Å²) in [5.74, 6) is 0.940. The van der Waals surface area contributed by atoms with Crippen LogP contribution < -0.4 is 15.4 Å². The lowest BCUT2D eigenvalue weighted by atomic mass is 9.68. The Morgan fingerprint density at radius 3 is 2.56 bits per heavy atom. The van der Waals surface area contributed by atoms with Crippen LogP contribution in [0.3, 0.4) is 0 Å². The summed E-state index contributed by atoms with van der Waals surface area (Å²) in [6, 6.07) is 5.91. The number of nitrogens with two attached hydrogens (primary N) is 1. The summed E-state index contributed by atoms with van der Waals surface area (Å²) >= 11 is 0. The number of nitrogen functional groups attached to an aromatic ring is 1. The van der Waals surface area contributed by atoms with Gasteiger partial charge in [0.1, 0.15) is 5.75 Å². The molecule has 2 fully saturated rings. The third-order valence-electron chi connectivity index (χ3n) is 4.51. The van der Waals surface area contributed by atoms with Crippen molar-refractivity contribution in [1.82, 2.24) is 0 Å². The van der Waals surface area contributed by atoms with Crippen molar-refractivity contribution in [3.63, 3.8) is 0 Å². The van der Waals surface area contributed by atoms with Gasteiger partial charge in [0.15, 0.2) is 0 Å². The Bertz CT molecular complexity index is 430. The lowest BCUT2D eigenvalue weighted by Crippen LogP contribution is -2.57. The van der Waals surface area contributed by atoms with E-state index in [-0.39, 0.29) is 0 Å². The highest BCUT2D eigenvalue weighted by atomic mass is 16.5. The zero-order valence-corrected chi connectivity index (χ0v) is 11.1. The minimum atomic E-state index is 0.591. The molecule has 0 unspecified atom stereocenters. The van der Waals surface area contributed by atoms with Crippen LogP contribution in [0, 0.1) is 5.41 Å². The molecule has 0 amide bonds. The van der Waals surface area contributed by atoms with Crippen LogP contribution in [-0.4, -0.2) is 20.2 Å². The van der Waals surface area contributed by atoms with E-state index in [1.165, 1.54) is 45.2 Å². The first kappa shape index (κ1) is 11.7. The van der Waals surface area contributed by atoms with Gasteiger partial charge in [-0.2, -0.15) is 0 Å². The van der Waals surface area contributed by atoms with E-state index in [9.17, 15) is 0 Å². The fourth-order valence-corrected chi connectivity index (χ4v) is 3.51. The van der Waals surface area contributed by atoms with E-state index in [1.54, 1.807) is 7.11 Å². The number of benzene rings is 1. The first-order valence-electron chi connectivity index (χ1n) is 6.91. The Balaban J connectivity index is 1.75. The molecular weight excluding hydrogens is 224 g/mol.